The minimum Gasteiger partial charge on any atom is -0.496 e. The first-order valence-electron chi connectivity index (χ1n) is 8.97. The van der Waals surface area contributed by atoms with E-state index in [2.05, 4.69) is 10.0 Å². The molecule has 0 aliphatic heterocycles. The molecule has 0 aromatic heterocycles. The van der Waals surface area contributed by atoms with Gasteiger partial charge in [-0.15, -0.1) is 0 Å². The largest absolute Gasteiger partial charge is 0.496 e. The van der Waals surface area contributed by atoms with E-state index in [1.165, 1.54) is 19.2 Å². The number of amides is 1. The van der Waals surface area contributed by atoms with Crippen molar-refractivity contribution in [3.63, 3.8) is 0 Å². The number of aliphatic hydroxyl groups excluding tert-OH is 1. The maximum Gasteiger partial charge on any atom is 0.241 e. The van der Waals surface area contributed by atoms with Crippen LogP contribution in [0.5, 0.6) is 5.75 Å². The molecule has 0 spiro atoms. The minimum atomic E-state index is -3.92. The number of aryl methyl sites for hydroxylation is 1. The molecule has 2 rings (SSSR count). The summed E-state index contributed by atoms with van der Waals surface area (Å²) in [5.41, 5.74) is 1.51. The second-order valence-electron chi connectivity index (χ2n) is 6.36. The topological polar surface area (TPSA) is 105 Å². The number of carbonyl (C=O) groups excluding carboxylic acids is 1. The number of ether oxygens (including phenoxy) is 1. The Labute approximate surface area is 165 Å². The fourth-order valence-electron chi connectivity index (χ4n) is 2.72. The van der Waals surface area contributed by atoms with Crippen molar-refractivity contribution < 1.29 is 23.1 Å². The van der Waals surface area contributed by atoms with Gasteiger partial charge >= 0.3 is 0 Å². The third-order valence-electron chi connectivity index (χ3n) is 4.21. The highest BCUT2D eigenvalue weighted by atomic mass is 32.2. The molecule has 2 aromatic rings. The number of carbonyl (C=O) groups is 1. The summed E-state index contributed by atoms with van der Waals surface area (Å²) in [7, 11) is -2.40. The van der Waals surface area contributed by atoms with Crippen LogP contribution < -0.4 is 14.8 Å². The van der Waals surface area contributed by atoms with E-state index in [-0.39, 0.29) is 24.5 Å². The minimum absolute atomic E-state index is 0.0551. The summed E-state index contributed by atoms with van der Waals surface area (Å²) in [6, 6.07) is 12.7. The van der Waals surface area contributed by atoms with Crippen LogP contribution in [0, 0.1) is 6.92 Å². The third kappa shape index (κ3) is 6.05. The van der Waals surface area contributed by atoms with E-state index in [0.717, 1.165) is 5.56 Å². The Kier molecular flexibility index (Phi) is 7.98. The van der Waals surface area contributed by atoms with E-state index >= 15 is 0 Å². The first kappa shape index (κ1) is 21.9. The summed E-state index contributed by atoms with van der Waals surface area (Å²) < 4.78 is 33.4. The van der Waals surface area contributed by atoms with Crippen LogP contribution in [0.2, 0.25) is 0 Å². The first-order valence-corrected chi connectivity index (χ1v) is 10.4. The van der Waals surface area contributed by atoms with Gasteiger partial charge in [-0.3, -0.25) is 4.79 Å². The number of nitrogens with one attached hydrogen (secondary N) is 2. The lowest BCUT2D eigenvalue weighted by Gasteiger charge is -2.19. The standard InChI is InChI=1S/C20H26N2O5S/c1-15-13-17(9-10-19(15)27-2)28(25,26)22-18(20(24)21-11-6-12-23)14-16-7-4-3-5-8-16/h3-5,7-10,13,18,22-23H,6,11-12,14H2,1-2H3,(H,21,24). The van der Waals surface area contributed by atoms with Crippen LogP contribution >= 0.6 is 0 Å². The third-order valence-corrected chi connectivity index (χ3v) is 5.68. The lowest BCUT2D eigenvalue weighted by molar-refractivity contribution is -0.122. The smallest absolute Gasteiger partial charge is 0.241 e. The van der Waals surface area contributed by atoms with E-state index in [4.69, 9.17) is 9.84 Å². The molecule has 152 valence electrons. The molecular formula is C20H26N2O5S. The lowest BCUT2D eigenvalue weighted by Crippen LogP contribution is -2.48. The molecule has 0 radical (unpaired) electrons. The molecule has 0 heterocycles. The van der Waals surface area contributed by atoms with Crippen molar-refractivity contribution in [1.82, 2.24) is 10.0 Å². The number of benzene rings is 2. The van der Waals surface area contributed by atoms with Gasteiger partial charge in [0.2, 0.25) is 15.9 Å². The van der Waals surface area contributed by atoms with Gasteiger partial charge in [-0.1, -0.05) is 30.3 Å². The van der Waals surface area contributed by atoms with Crippen molar-refractivity contribution >= 4 is 15.9 Å². The second kappa shape index (κ2) is 10.2. The van der Waals surface area contributed by atoms with E-state index in [0.29, 0.717) is 17.7 Å². The van der Waals surface area contributed by atoms with Gasteiger partial charge in [-0.25, -0.2) is 8.42 Å². The Balaban J connectivity index is 2.24. The number of methoxy groups -OCH3 is 1. The van der Waals surface area contributed by atoms with Crippen molar-refractivity contribution in [2.75, 3.05) is 20.3 Å². The summed E-state index contributed by atoms with van der Waals surface area (Å²) in [6.45, 7) is 1.96. The first-order chi connectivity index (χ1) is 13.4. The van der Waals surface area contributed by atoms with E-state index in [1.54, 1.807) is 13.0 Å². The second-order valence-corrected chi connectivity index (χ2v) is 8.08. The van der Waals surface area contributed by atoms with Crippen molar-refractivity contribution in [2.45, 2.75) is 30.7 Å². The van der Waals surface area contributed by atoms with E-state index in [9.17, 15) is 13.2 Å². The molecule has 3 N–H and O–H groups in total. The molecule has 2 aromatic carbocycles. The number of aliphatic hydroxyl groups is 1. The summed E-state index contributed by atoms with van der Waals surface area (Å²) >= 11 is 0. The van der Waals surface area contributed by atoms with Gasteiger partial charge in [0, 0.05) is 13.2 Å². The zero-order valence-electron chi connectivity index (χ0n) is 16.0. The van der Waals surface area contributed by atoms with Crippen LogP contribution in [0.25, 0.3) is 0 Å². The number of hydrogen-bond acceptors (Lipinski definition) is 5. The molecule has 0 fully saturated rings. The summed E-state index contributed by atoms with van der Waals surface area (Å²) in [6.07, 6.45) is 0.606. The Hall–Kier alpha value is -2.42. The lowest BCUT2D eigenvalue weighted by atomic mass is 10.1. The normalized spacial score (nSPS) is 12.4. The quantitative estimate of drug-likeness (QED) is 0.517. The van der Waals surface area contributed by atoms with Gasteiger partial charge in [0.1, 0.15) is 11.8 Å². The molecule has 8 heteroatoms. The van der Waals surface area contributed by atoms with Crippen molar-refractivity contribution in [3.05, 3.63) is 59.7 Å². The van der Waals surface area contributed by atoms with Crippen LogP contribution in [-0.2, 0) is 21.2 Å². The fraction of sp³-hybridized carbons (Fsp3) is 0.350. The Bertz CT molecular complexity index is 885. The van der Waals surface area contributed by atoms with Crippen LogP contribution in [0.3, 0.4) is 0 Å². The predicted octanol–water partition coefficient (Wildman–Crippen LogP) is 1.39. The van der Waals surface area contributed by atoms with Crippen LogP contribution in [0.1, 0.15) is 17.5 Å². The van der Waals surface area contributed by atoms with Crippen molar-refractivity contribution in [1.29, 1.82) is 0 Å². The highest BCUT2D eigenvalue weighted by Gasteiger charge is 2.26. The highest BCUT2D eigenvalue weighted by Crippen LogP contribution is 2.21. The molecule has 1 amide bonds. The number of hydrogen-bond donors (Lipinski definition) is 3. The summed E-state index contributed by atoms with van der Waals surface area (Å²) in [5, 5.41) is 11.5. The van der Waals surface area contributed by atoms with Crippen LogP contribution in [0.15, 0.2) is 53.4 Å². The monoisotopic (exact) mass is 406 g/mol. The van der Waals surface area contributed by atoms with Gasteiger partial charge in [0.05, 0.1) is 12.0 Å². The average molecular weight is 407 g/mol. The Morgan fingerprint density at radius 1 is 1.18 bits per heavy atom. The molecule has 1 unspecified atom stereocenters. The highest BCUT2D eigenvalue weighted by molar-refractivity contribution is 7.89. The van der Waals surface area contributed by atoms with Crippen molar-refractivity contribution in [3.8, 4) is 5.75 Å². The predicted molar refractivity (Wildman–Crippen MR) is 107 cm³/mol. The van der Waals surface area contributed by atoms with Gasteiger partial charge < -0.3 is 15.2 Å². The van der Waals surface area contributed by atoms with Gasteiger partial charge in [0.15, 0.2) is 0 Å². The fourth-order valence-corrected chi connectivity index (χ4v) is 4.01. The molecule has 0 aliphatic carbocycles. The maximum absolute atomic E-state index is 12.8. The van der Waals surface area contributed by atoms with Crippen LogP contribution in [-0.4, -0.2) is 45.7 Å². The molecule has 28 heavy (non-hydrogen) atoms. The van der Waals surface area contributed by atoms with E-state index in [1.807, 2.05) is 30.3 Å². The number of sulfonamides is 1. The zero-order chi connectivity index (χ0) is 20.6. The van der Waals surface area contributed by atoms with Crippen molar-refractivity contribution in [2.24, 2.45) is 0 Å². The molecule has 0 bridgehead atoms. The summed E-state index contributed by atoms with van der Waals surface area (Å²) in [5.74, 6) is 0.146. The molecule has 0 aliphatic rings. The van der Waals surface area contributed by atoms with Gasteiger partial charge in [-0.05, 0) is 49.1 Å². The molecule has 1 atom stereocenters. The SMILES string of the molecule is COc1ccc(S(=O)(=O)NC(Cc2ccccc2)C(=O)NCCCO)cc1C. The van der Waals surface area contributed by atoms with Gasteiger partial charge in [0.25, 0.3) is 0 Å². The van der Waals surface area contributed by atoms with Crippen LogP contribution in [0.4, 0.5) is 0 Å². The molecule has 7 nitrogen and oxygen atoms in total. The molecule has 0 saturated heterocycles. The maximum atomic E-state index is 12.8. The van der Waals surface area contributed by atoms with Gasteiger partial charge in [-0.2, -0.15) is 4.72 Å². The summed E-state index contributed by atoms with van der Waals surface area (Å²) in [4.78, 5) is 12.6. The zero-order valence-corrected chi connectivity index (χ0v) is 16.8. The molecular weight excluding hydrogens is 380 g/mol. The number of rotatable bonds is 10. The molecule has 0 saturated carbocycles. The average Bonchev–Trinajstić information content (AvgIpc) is 2.68. The Morgan fingerprint density at radius 2 is 1.89 bits per heavy atom. The Morgan fingerprint density at radius 3 is 2.50 bits per heavy atom. The van der Waals surface area contributed by atoms with E-state index < -0.39 is 22.0 Å².